The molecular weight excluding hydrogens is 318 g/mol. The van der Waals surface area contributed by atoms with Crippen molar-refractivity contribution in [2.45, 2.75) is 39.2 Å². The minimum absolute atomic E-state index is 0.00644. The first-order valence-corrected chi connectivity index (χ1v) is 8.65. The molecule has 25 heavy (non-hydrogen) atoms. The van der Waals surface area contributed by atoms with Crippen LogP contribution >= 0.6 is 0 Å². The highest BCUT2D eigenvalue weighted by Gasteiger charge is 2.30. The number of hydrogen-bond acceptors (Lipinski definition) is 4. The molecule has 0 aliphatic carbocycles. The van der Waals surface area contributed by atoms with Gasteiger partial charge in [-0.25, -0.2) is 0 Å². The first kappa shape index (κ1) is 17.1. The van der Waals surface area contributed by atoms with Gasteiger partial charge in [0, 0.05) is 25.6 Å². The Labute approximate surface area is 147 Å². The second-order valence-electron chi connectivity index (χ2n) is 6.33. The van der Waals surface area contributed by atoms with Gasteiger partial charge in [0.25, 0.3) is 5.91 Å². The molecule has 1 aliphatic heterocycles. The second kappa shape index (κ2) is 7.46. The third-order valence-electron chi connectivity index (χ3n) is 4.44. The van der Waals surface area contributed by atoms with Gasteiger partial charge in [-0.3, -0.25) is 9.59 Å². The molecule has 1 saturated heterocycles. The zero-order chi connectivity index (χ0) is 17.8. The lowest BCUT2D eigenvalue weighted by Gasteiger charge is -2.29. The molecule has 0 bridgehead atoms. The minimum Gasteiger partial charge on any atom is -0.354 e. The Hall–Kier alpha value is -2.70. The van der Waals surface area contributed by atoms with E-state index in [1.807, 2.05) is 30.0 Å². The summed E-state index contributed by atoms with van der Waals surface area (Å²) < 4.78 is 0. The molecule has 0 radical (unpaired) electrons. The summed E-state index contributed by atoms with van der Waals surface area (Å²) in [5.41, 5.74) is 2.21. The van der Waals surface area contributed by atoms with E-state index in [1.54, 1.807) is 12.4 Å². The molecule has 7 nitrogen and oxygen atoms in total. The molecule has 7 heteroatoms. The van der Waals surface area contributed by atoms with Gasteiger partial charge < -0.3 is 10.2 Å². The van der Waals surface area contributed by atoms with Crippen LogP contribution in [-0.2, 0) is 4.79 Å². The van der Waals surface area contributed by atoms with Gasteiger partial charge in [0.15, 0.2) is 0 Å². The van der Waals surface area contributed by atoms with Crippen LogP contribution in [0.2, 0.25) is 0 Å². The first-order valence-electron chi connectivity index (χ1n) is 8.65. The van der Waals surface area contributed by atoms with Crippen molar-refractivity contribution in [1.82, 2.24) is 25.2 Å². The maximum absolute atomic E-state index is 13.3. The molecule has 1 aromatic heterocycles. The van der Waals surface area contributed by atoms with Gasteiger partial charge in [0.1, 0.15) is 0 Å². The summed E-state index contributed by atoms with van der Waals surface area (Å²) in [5.74, 6) is -0.0714. The van der Waals surface area contributed by atoms with E-state index in [4.69, 9.17) is 0 Å². The van der Waals surface area contributed by atoms with Crippen molar-refractivity contribution in [3.05, 3.63) is 41.7 Å². The molecule has 1 atom stereocenters. The molecule has 3 rings (SSSR count). The number of nitrogens with zero attached hydrogens (tertiary/aromatic N) is 4. The molecule has 2 heterocycles. The number of aryl methyl sites for hydroxylation is 1. The van der Waals surface area contributed by atoms with Crippen LogP contribution in [0.3, 0.4) is 0 Å². The molecule has 1 aliphatic rings. The third kappa shape index (κ3) is 3.70. The summed E-state index contributed by atoms with van der Waals surface area (Å²) in [5, 5.41) is 11.2. The van der Waals surface area contributed by atoms with Gasteiger partial charge in [-0.2, -0.15) is 15.0 Å². The van der Waals surface area contributed by atoms with Gasteiger partial charge in [0.05, 0.1) is 23.6 Å². The van der Waals surface area contributed by atoms with Gasteiger partial charge in [-0.1, -0.05) is 25.0 Å². The molecule has 2 amide bonds. The largest absolute Gasteiger partial charge is 0.354 e. The lowest BCUT2D eigenvalue weighted by atomic mass is 10.0. The Morgan fingerprint density at radius 3 is 2.80 bits per heavy atom. The predicted molar refractivity (Wildman–Crippen MR) is 93.5 cm³/mol. The van der Waals surface area contributed by atoms with Gasteiger partial charge >= 0.3 is 0 Å². The third-order valence-corrected chi connectivity index (χ3v) is 4.44. The molecule has 2 aromatic rings. The maximum Gasteiger partial charge on any atom is 0.256 e. The first-order chi connectivity index (χ1) is 12.1. The molecule has 1 unspecified atom stereocenters. The van der Waals surface area contributed by atoms with Crippen molar-refractivity contribution in [2.75, 3.05) is 13.1 Å². The SMILES string of the molecule is CCCC1CC(=O)NCCN1C(=O)c1cc(C)ccc1-n1nccn1. The Kier molecular flexibility index (Phi) is 5.11. The molecular formula is C18H23N5O2. The lowest BCUT2D eigenvalue weighted by Crippen LogP contribution is -2.41. The number of amides is 2. The maximum atomic E-state index is 13.3. The van der Waals surface area contributed by atoms with Crippen molar-refractivity contribution < 1.29 is 9.59 Å². The minimum atomic E-state index is -0.0843. The van der Waals surface area contributed by atoms with Crippen molar-refractivity contribution in [3.63, 3.8) is 0 Å². The highest BCUT2D eigenvalue weighted by Crippen LogP contribution is 2.22. The van der Waals surface area contributed by atoms with Crippen LogP contribution in [0.25, 0.3) is 5.69 Å². The van der Waals surface area contributed by atoms with Crippen LogP contribution in [0.5, 0.6) is 0 Å². The van der Waals surface area contributed by atoms with E-state index in [0.29, 0.717) is 30.8 Å². The fourth-order valence-electron chi connectivity index (χ4n) is 3.24. The van der Waals surface area contributed by atoms with Crippen LogP contribution in [0, 0.1) is 6.92 Å². The standard InChI is InChI=1S/C18H23N5O2/c1-3-4-14-12-17(24)19-9-10-22(14)18(25)15-11-13(2)5-6-16(15)23-20-7-8-21-23/h5-8,11,14H,3-4,9-10,12H2,1-2H3,(H,19,24). The fraction of sp³-hybridized carbons (Fsp3) is 0.444. The van der Waals surface area contributed by atoms with Gasteiger partial charge in [-0.15, -0.1) is 0 Å². The zero-order valence-corrected chi connectivity index (χ0v) is 14.6. The van der Waals surface area contributed by atoms with Gasteiger partial charge in [-0.05, 0) is 25.5 Å². The van der Waals surface area contributed by atoms with E-state index in [2.05, 4.69) is 22.4 Å². The molecule has 0 saturated carbocycles. The summed E-state index contributed by atoms with van der Waals surface area (Å²) in [6.07, 6.45) is 5.25. The van der Waals surface area contributed by atoms with E-state index >= 15 is 0 Å². The Bertz CT molecular complexity index is 757. The van der Waals surface area contributed by atoms with E-state index in [-0.39, 0.29) is 17.9 Å². The van der Waals surface area contributed by atoms with E-state index < -0.39 is 0 Å². The smallest absolute Gasteiger partial charge is 0.256 e. The quantitative estimate of drug-likeness (QED) is 0.918. The average molecular weight is 341 g/mol. The Morgan fingerprint density at radius 1 is 1.32 bits per heavy atom. The summed E-state index contributed by atoms with van der Waals surface area (Å²) in [4.78, 5) is 28.5. The van der Waals surface area contributed by atoms with Crippen LogP contribution in [-0.4, -0.2) is 50.8 Å². The van der Waals surface area contributed by atoms with Crippen LogP contribution < -0.4 is 5.32 Å². The summed E-state index contributed by atoms with van der Waals surface area (Å²) in [7, 11) is 0. The highest BCUT2D eigenvalue weighted by atomic mass is 16.2. The Morgan fingerprint density at radius 2 is 2.08 bits per heavy atom. The Balaban J connectivity index is 1.98. The average Bonchev–Trinajstić information content (AvgIpc) is 3.05. The molecule has 1 aromatic carbocycles. The second-order valence-corrected chi connectivity index (χ2v) is 6.33. The molecule has 0 spiro atoms. The number of hydrogen-bond donors (Lipinski definition) is 1. The predicted octanol–water partition coefficient (Wildman–Crippen LogP) is 1.71. The number of carbonyl (C=O) groups excluding carboxylic acids is 2. The normalized spacial score (nSPS) is 17.9. The van der Waals surface area contributed by atoms with Crippen molar-refractivity contribution in [1.29, 1.82) is 0 Å². The van der Waals surface area contributed by atoms with E-state index in [1.165, 1.54) is 4.80 Å². The highest BCUT2D eigenvalue weighted by molar-refractivity contribution is 5.98. The van der Waals surface area contributed by atoms with Crippen LogP contribution in [0.4, 0.5) is 0 Å². The van der Waals surface area contributed by atoms with Crippen molar-refractivity contribution >= 4 is 11.8 Å². The van der Waals surface area contributed by atoms with E-state index in [9.17, 15) is 9.59 Å². The number of rotatable bonds is 4. The molecule has 1 fully saturated rings. The zero-order valence-electron chi connectivity index (χ0n) is 14.6. The molecule has 1 N–H and O–H groups in total. The van der Waals surface area contributed by atoms with E-state index in [0.717, 1.165) is 18.4 Å². The topological polar surface area (TPSA) is 80.1 Å². The number of carbonyl (C=O) groups is 2. The van der Waals surface area contributed by atoms with Gasteiger partial charge in [0.2, 0.25) is 5.91 Å². The number of benzene rings is 1. The van der Waals surface area contributed by atoms with Crippen LogP contribution in [0.1, 0.15) is 42.1 Å². The number of nitrogens with one attached hydrogen (secondary N) is 1. The van der Waals surface area contributed by atoms with Crippen LogP contribution in [0.15, 0.2) is 30.6 Å². The van der Waals surface area contributed by atoms with Crippen molar-refractivity contribution in [3.8, 4) is 5.69 Å². The fourth-order valence-corrected chi connectivity index (χ4v) is 3.24. The summed E-state index contributed by atoms with van der Waals surface area (Å²) in [6, 6.07) is 5.58. The molecule has 132 valence electrons. The monoisotopic (exact) mass is 341 g/mol. The lowest BCUT2D eigenvalue weighted by molar-refractivity contribution is -0.121. The number of aromatic nitrogens is 3. The summed E-state index contributed by atoms with van der Waals surface area (Å²) in [6.45, 7) is 5.01. The summed E-state index contributed by atoms with van der Waals surface area (Å²) >= 11 is 0. The van der Waals surface area contributed by atoms with Crippen molar-refractivity contribution in [2.24, 2.45) is 0 Å².